The van der Waals surface area contributed by atoms with Gasteiger partial charge in [-0.05, 0) is 31.9 Å². The topological polar surface area (TPSA) is 76.1 Å². The third-order valence-electron chi connectivity index (χ3n) is 3.63. The van der Waals surface area contributed by atoms with Crippen LogP contribution in [0.3, 0.4) is 0 Å². The van der Waals surface area contributed by atoms with Crippen LogP contribution in [-0.4, -0.2) is 29.0 Å². The molecule has 1 aromatic carbocycles. The molecule has 2 aromatic rings. The molecular formula is C17H21ClN4O2. The van der Waals surface area contributed by atoms with E-state index in [0.717, 1.165) is 12.0 Å². The van der Waals surface area contributed by atoms with Crippen molar-refractivity contribution in [3.8, 4) is 5.75 Å². The Hall–Kier alpha value is -2.34. The number of hydrogen-bond acceptors (Lipinski definition) is 5. The molecule has 0 saturated carbocycles. The van der Waals surface area contributed by atoms with Crippen molar-refractivity contribution in [1.82, 2.24) is 15.3 Å². The van der Waals surface area contributed by atoms with Crippen molar-refractivity contribution in [3.05, 3.63) is 40.8 Å². The van der Waals surface area contributed by atoms with Crippen molar-refractivity contribution in [2.24, 2.45) is 0 Å². The first-order valence-corrected chi connectivity index (χ1v) is 8.06. The van der Waals surface area contributed by atoms with Crippen LogP contribution in [-0.2, 0) is 0 Å². The average Bonchev–Trinajstić information content (AvgIpc) is 2.58. The number of nitrogens with one attached hydrogen (secondary N) is 2. The normalized spacial score (nSPS) is 11.7. The van der Waals surface area contributed by atoms with E-state index in [0.29, 0.717) is 28.0 Å². The van der Waals surface area contributed by atoms with Gasteiger partial charge in [-0.1, -0.05) is 18.5 Å². The molecule has 7 heteroatoms. The number of carbonyl (C=O) groups is 1. The lowest BCUT2D eigenvalue weighted by molar-refractivity contribution is 0.0934. The third-order valence-corrected chi connectivity index (χ3v) is 4.04. The van der Waals surface area contributed by atoms with E-state index in [9.17, 15) is 4.79 Å². The van der Waals surface area contributed by atoms with E-state index in [4.69, 9.17) is 16.3 Å². The Labute approximate surface area is 146 Å². The van der Waals surface area contributed by atoms with Crippen molar-refractivity contribution >= 4 is 29.0 Å². The lowest BCUT2D eigenvalue weighted by Gasteiger charge is -2.14. The number of methoxy groups -OCH3 is 1. The summed E-state index contributed by atoms with van der Waals surface area (Å²) in [4.78, 5) is 20.3. The lowest BCUT2D eigenvalue weighted by atomic mass is 10.2. The highest BCUT2D eigenvalue weighted by Crippen LogP contribution is 2.32. The first-order chi connectivity index (χ1) is 11.4. The number of nitrogens with zero attached hydrogens (tertiary/aromatic N) is 2. The monoisotopic (exact) mass is 348 g/mol. The molecule has 1 atom stereocenters. The van der Waals surface area contributed by atoms with Gasteiger partial charge < -0.3 is 15.4 Å². The van der Waals surface area contributed by atoms with Gasteiger partial charge in [0.2, 0.25) is 0 Å². The minimum atomic E-state index is -0.228. The first-order valence-electron chi connectivity index (χ1n) is 7.68. The van der Waals surface area contributed by atoms with E-state index in [1.807, 2.05) is 26.8 Å². The molecule has 0 aliphatic heterocycles. The summed E-state index contributed by atoms with van der Waals surface area (Å²) in [6, 6.07) is 5.28. The van der Waals surface area contributed by atoms with Crippen LogP contribution in [0.1, 0.15) is 36.3 Å². The van der Waals surface area contributed by atoms with Crippen LogP contribution < -0.4 is 15.4 Å². The van der Waals surface area contributed by atoms with Crippen molar-refractivity contribution in [3.63, 3.8) is 0 Å². The second-order valence-corrected chi connectivity index (χ2v) is 5.91. The van der Waals surface area contributed by atoms with E-state index in [2.05, 4.69) is 20.6 Å². The molecular weight excluding hydrogens is 328 g/mol. The fraction of sp³-hybridized carbons (Fsp3) is 0.353. The second kappa shape index (κ2) is 7.97. The summed E-state index contributed by atoms with van der Waals surface area (Å²) >= 11 is 6.11. The number of ether oxygens (including phenoxy) is 1. The molecule has 0 bridgehead atoms. The van der Waals surface area contributed by atoms with E-state index in [1.54, 1.807) is 19.2 Å². The Kier molecular flexibility index (Phi) is 5.98. The maximum atomic E-state index is 12.2. The summed E-state index contributed by atoms with van der Waals surface area (Å²) in [7, 11) is 1.57. The Balaban J connectivity index is 2.24. The van der Waals surface area contributed by atoms with Crippen molar-refractivity contribution < 1.29 is 9.53 Å². The van der Waals surface area contributed by atoms with Crippen LogP contribution in [0, 0.1) is 6.92 Å². The standard InChI is InChI=1S/C17H21ClN4O2/c1-5-11(3)21-17(23)14-8-16(20-9-19-14)22-13-6-10(2)12(18)7-15(13)24-4/h6-9,11H,5H2,1-4H3,(H,21,23)(H,19,20,22). The third kappa shape index (κ3) is 4.35. The Morgan fingerprint density at radius 2 is 2.08 bits per heavy atom. The SMILES string of the molecule is CCC(C)NC(=O)c1cc(Nc2cc(C)c(Cl)cc2OC)ncn1. The fourth-order valence-corrected chi connectivity index (χ4v) is 2.17. The molecule has 0 fully saturated rings. The molecule has 24 heavy (non-hydrogen) atoms. The summed E-state index contributed by atoms with van der Waals surface area (Å²) in [6.07, 6.45) is 2.20. The van der Waals surface area contributed by atoms with Crippen molar-refractivity contribution in [2.75, 3.05) is 12.4 Å². The summed E-state index contributed by atoms with van der Waals surface area (Å²) in [5.74, 6) is 0.864. The predicted molar refractivity (Wildman–Crippen MR) is 95.3 cm³/mol. The number of amides is 1. The number of rotatable bonds is 6. The molecule has 2 rings (SSSR count). The van der Waals surface area contributed by atoms with Gasteiger partial charge in [-0.25, -0.2) is 9.97 Å². The molecule has 6 nitrogen and oxygen atoms in total. The first kappa shape index (κ1) is 18.0. The Bertz CT molecular complexity index is 737. The average molecular weight is 349 g/mol. The Morgan fingerprint density at radius 1 is 1.33 bits per heavy atom. The zero-order valence-electron chi connectivity index (χ0n) is 14.2. The maximum Gasteiger partial charge on any atom is 0.270 e. The van der Waals surface area contributed by atoms with E-state index < -0.39 is 0 Å². The smallest absolute Gasteiger partial charge is 0.270 e. The van der Waals surface area contributed by atoms with Gasteiger partial charge in [-0.15, -0.1) is 0 Å². The van der Waals surface area contributed by atoms with Gasteiger partial charge in [-0.2, -0.15) is 0 Å². The molecule has 1 aromatic heterocycles. The molecule has 1 unspecified atom stereocenters. The quantitative estimate of drug-likeness (QED) is 0.832. The van der Waals surface area contributed by atoms with Gasteiger partial charge >= 0.3 is 0 Å². The molecule has 2 N–H and O–H groups in total. The van der Waals surface area contributed by atoms with Crippen molar-refractivity contribution in [2.45, 2.75) is 33.2 Å². The van der Waals surface area contributed by atoms with Crippen LogP contribution in [0.5, 0.6) is 5.75 Å². The highest BCUT2D eigenvalue weighted by molar-refractivity contribution is 6.31. The van der Waals surface area contributed by atoms with Gasteiger partial charge in [0.25, 0.3) is 5.91 Å². The number of carbonyl (C=O) groups excluding carboxylic acids is 1. The lowest BCUT2D eigenvalue weighted by Crippen LogP contribution is -2.32. The molecule has 0 aliphatic rings. The van der Waals surface area contributed by atoms with Gasteiger partial charge in [-0.3, -0.25) is 4.79 Å². The highest BCUT2D eigenvalue weighted by Gasteiger charge is 2.13. The highest BCUT2D eigenvalue weighted by atomic mass is 35.5. The minimum Gasteiger partial charge on any atom is -0.495 e. The van der Waals surface area contributed by atoms with Crippen LogP contribution in [0.2, 0.25) is 5.02 Å². The molecule has 0 radical (unpaired) electrons. The fourth-order valence-electron chi connectivity index (χ4n) is 2.02. The summed E-state index contributed by atoms with van der Waals surface area (Å²) in [5.41, 5.74) is 1.92. The maximum absolute atomic E-state index is 12.2. The van der Waals surface area contributed by atoms with Gasteiger partial charge in [0.1, 0.15) is 23.6 Å². The van der Waals surface area contributed by atoms with Crippen LogP contribution in [0.25, 0.3) is 0 Å². The zero-order valence-corrected chi connectivity index (χ0v) is 14.9. The molecule has 1 amide bonds. The van der Waals surface area contributed by atoms with Gasteiger partial charge in [0.15, 0.2) is 0 Å². The molecule has 0 spiro atoms. The molecule has 1 heterocycles. The second-order valence-electron chi connectivity index (χ2n) is 5.50. The molecule has 128 valence electrons. The molecule has 0 saturated heterocycles. The number of hydrogen-bond donors (Lipinski definition) is 2. The van der Waals surface area contributed by atoms with Crippen LogP contribution in [0.4, 0.5) is 11.5 Å². The summed E-state index contributed by atoms with van der Waals surface area (Å²) in [5, 5.41) is 6.64. The van der Waals surface area contributed by atoms with E-state index in [-0.39, 0.29) is 11.9 Å². The minimum absolute atomic E-state index is 0.0860. The number of anilines is 2. The summed E-state index contributed by atoms with van der Waals surface area (Å²) < 4.78 is 5.33. The Morgan fingerprint density at radius 3 is 2.75 bits per heavy atom. The predicted octanol–water partition coefficient (Wildman–Crippen LogP) is 3.72. The zero-order chi connectivity index (χ0) is 17.7. The van der Waals surface area contributed by atoms with Gasteiger partial charge in [0, 0.05) is 23.2 Å². The number of aromatic nitrogens is 2. The largest absolute Gasteiger partial charge is 0.495 e. The van der Waals surface area contributed by atoms with Crippen LogP contribution in [0.15, 0.2) is 24.5 Å². The van der Waals surface area contributed by atoms with E-state index >= 15 is 0 Å². The number of aryl methyl sites for hydroxylation is 1. The number of halogens is 1. The molecule has 0 aliphatic carbocycles. The van der Waals surface area contributed by atoms with Gasteiger partial charge in [0.05, 0.1) is 12.8 Å². The van der Waals surface area contributed by atoms with E-state index in [1.165, 1.54) is 6.33 Å². The summed E-state index contributed by atoms with van der Waals surface area (Å²) in [6.45, 7) is 5.85. The van der Waals surface area contributed by atoms with Crippen LogP contribution >= 0.6 is 11.6 Å². The van der Waals surface area contributed by atoms with Crippen molar-refractivity contribution in [1.29, 1.82) is 0 Å². The number of benzene rings is 1.